The van der Waals surface area contributed by atoms with Crippen LogP contribution >= 0.6 is 22.6 Å². The fourth-order valence-electron chi connectivity index (χ4n) is 2.53. The van der Waals surface area contributed by atoms with E-state index in [2.05, 4.69) is 38.1 Å². The molecule has 0 saturated carbocycles. The molecule has 0 fully saturated rings. The molecule has 1 heterocycles. The van der Waals surface area contributed by atoms with Crippen LogP contribution in [0.3, 0.4) is 0 Å². The standard InChI is InChI=1S/C22H20IN3O3/c1-2-28-20-13-17(14-25-26-22(27)18-8-10-24-11-9-18)12-19(23)21(20)29-15-16-6-4-3-5-7-16/h3-14H,2,15H2,1H3,(H,26,27)/b25-14+. The molecule has 0 unspecified atom stereocenters. The predicted octanol–water partition coefficient (Wildman–Crippen LogP) is 4.43. The summed E-state index contributed by atoms with van der Waals surface area (Å²) in [6, 6.07) is 17.0. The zero-order chi connectivity index (χ0) is 20.5. The highest BCUT2D eigenvalue weighted by atomic mass is 127. The quantitative estimate of drug-likeness (QED) is 0.282. The second kappa shape index (κ2) is 10.6. The molecule has 148 valence electrons. The Hall–Kier alpha value is -2.94. The summed E-state index contributed by atoms with van der Waals surface area (Å²) < 4.78 is 12.7. The highest BCUT2D eigenvalue weighted by molar-refractivity contribution is 14.1. The van der Waals surface area contributed by atoms with E-state index in [4.69, 9.17) is 9.47 Å². The van der Waals surface area contributed by atoms with Gasteiger partial charge in [-0.2, -0.15) is 5.10 Å². The molecule has 3 rings (SSSR count). The van der Waals surface area contributed by atoms with Gasteiger partial charge < -0.3 is 9.47 Å². The molecule has 0 aliphatic rings. The van der Waals surface area contributed by atoms with Crippen molar-refractivity contribution >= 4 is 34.7 Å². The first-order valence-corrected chi connectivity index (χ1v) is 10.1. The first kappa shape index (κ1) is 20.8. The van der Waals surface area contributed by atoms with Gasteiger partial charge >= 0.3 is 0 Å². The van der Waals surface area contributed by atoms with Crippen molar-refractivity contribution in [2.24, 2.45) is 5.10 Å². The number of carbonyl (C=O) groups is 1. The van der Waals surface area contributed by atoms with Crippen LogP contribution in [0.4, 0.5) is 0 Å². The van der Waals surface area contributed by atoms with Crippen LogP contribution in [0, 0.1) is 3.57 Å². The zero-order valence-corrected chi connectivity index (χ0v) is 18.0. The highest BCUT2D eigenvalue weighted by Crippen LogP contribution is 2.34. The average molecular weight is 501 g/mol. The molecular formula is C22H20IN3O3. The lowest BCUT2D eigenvalue weighted by Gasteiger charge is -2.14. The van der Waals surface area contributed by atoms with E-state index in [1.54, 1.807) is 30.7 Å². The molecule has 7 heteroatoms. The second-order valence-electron chi connectivity index (χ2n) is 5.97. The van der Waals surface area contributed by atoms with E-state index in [-0.39, 0.29) is 5.91 Å². The Morgan fingerprint density at radius 2 is 1.90 bits per heavy atom. The summed E-state index contributed by atoms with van der Waals surface area (Å²) in [5.74, 6) is 1.03. The van der Waals surface area contributed by atoms with Crippen molar-refractivity contribution in [1.29, 1.82) is 0 Å². The highest BCUT2D eigenvalue weighted by Gasteiger charge is 2.12. The van der Waals surface area contributed by atoms with Crippen molar-refractivity contribution in [3.63, 3.8) is 0 Å². The normalized spacial score (nSPS) is 10.7. The minimum absolute atomic E-state index is 0.300. The van der Waals surface area contributed by atoms with Crippen LogP contribution in [0.25, 0.3) is 0 Å². The lowest BCUT2D eigenvalue weighted by molar-refractivity contribution is 0.0955. The molecule has 0 saturated heterocycles. The van der Waals surface area contributed by atoms with E-state index in [9.17, 15) is 4.79 Å². The van der Waals surface area contributed by atoms with Crippen molar-refractivity contribution in [2.75, 3.05) is 6.61 Å². The van der Waals surface area contributed by atoms with Crippen LogP contribution in [0.5, 0.6) is 11.5 Å². The van der Waals surface area contributed by atoms with Gasteiger partial charge in [-0.3, -0.25) is 9.78 Å². The maximum absolute atomic E-state index is 12.0. The zero-order valence-electron chi connectivity index (χ0n) is 15.8. The third-order valence-corrected chi connectivity index (χ3v) is 4.68. The molecule has 3 aromatic rings. The molecule has 0 aliphatic carbocycles. The summed E-state index contributed by atoms with van der Waals surface area (Å²) in [4.78, 5) is 15.9. The molecular weight excluding hydrogens is 481 g/mol. The summed E-state index contributed by atoms with van der Waals surface area (Å²) in [6.07, 6.45) is 4.69. The van der Waals surface area contributed by atoms with Gasteiger partial charge in [0.2, 0.25) is 0 Å². The second-order valence-corrected chi connectivity index (χ2v) is 7.13. The third kappa shape index (κ3) is 6.02. The van der Waals surface area contributed by atoms with Crippen molar-refractivity contribution in [2.45, 2.75) is 13.5 Å². The number of carbonyl (C=O) groups excluding carboxylic acids is 1. The Morgan fingerprint density at radius 1 is 1.14 bits per heavy atom. The van der Waals surface area contributed by atoms with Gasteiger partial charge in [0.15, 0.2) is 11.5 Å². The van der Waals surface area contributed by atoms with E-state index >= 15 is 0 Å². The summed E-state index contributed by atoms with van der Waals surface area (Å²) in [5, 5.41) is 4.04. The topological polar surface area (TPSA) is 72.8 Å². The molecule has 0 spiro atoms. The van der Waals surface area contributed by atoms with E-state index < -0.39 is 0 Å². The number of rotatable bonds is 8. The fourth-order valence-corrected chi connectivity index (χ4v) is 3.31. The summed E-state index contributed by atoms with van der Waals surface area (Å²) in [6.45, 7) is 2.88. The molecule has 1 amide bonds. The maximum atomic E-state index is 12.0. The number of halogens is 1. The van der Waals surface area contributed by atoms with Gasteiger partial charge in [-0.15, -0.1) is 0 Å². The van der Waals surface area contributed by atoms with Gasteiger partial charge in [-0.25, -0.2) is 5.43 Å². The Balaban J connectivity index is 1.72. The summed E-state index contributed by atoms with van der Waals surface area (Å²) in [5.41, 5.74) is 4.87. The van der Waals surface area contributed by atoms with Crippen molar-refractivity contribution in [3.05, 3.63) is 87.3 Å². The number of benzene rings is 2. The van der Waals surface area contributed by atoms with E-state index in [0.29, 0.717) is 30.3 Å². The number of pyridine rings is 1. The summed E-state index contributed by atoms with van der Waals surface area (Å²) in [7, 11) is 0. The van der Waals surface area contributed by atoms with Gasteiger partial charge in [0.1, 0.15) is 6.61 Å². The van der Waals surface area contributed by atoms with Gasteiger partial charge in [-0.05, 0) is 64.9 Å². The predicted molar refractivity (Wildman–Crippen MR) is 120 cm³/mol. The fraction of sp³-hybridized carbons (Fsp3) is 0.136. The van der Waals surface area contributed by atoms with Crippen molar-refractivity contribution < 1.29 is 14.3 Å². The number of amides is 1. The van der Waals surface area contributed by atoms with Crippen LogP contribution in [0.1, 0.15) is 28.4 Å². The molecule has 1 aromatic heterocycles. The van der Waals surface area contributed by atoms with Crippen LogP contribution in [-0.4, -0.2) is 23.7 Å². The number of ether oxygens (including phenoxy) is 2. The van der Waals surface area contributed by atoms with Crippen molar-refractivity contribution in [1.82, 2.24) is 10.4 Å². The lowest BCUT2D eigenvalue weighted by atomic mass is 10.2. The van der Waals surface area contributed by atoms with E-state index in [0.717, 1.165) is 14.7 Å². The minimum atomic E-state index is -0.300. The number of aromatic nitrogens is 1. The SMILES string of the molecule is CCOc1cc(/C=N/NC(=O)c2ccncc2)cc(I)c1OCc1ccccc1. The largest absolute Gasteiger partial charge is 0.490 e. The maximum Gasteiger partial charge on any atom is 0.271 e. The van der Waals surface area contributed by atoms with Crippen LogP contribution in [-0.2, 0) is 6.61 Å². The molecule has 6 nitrogen and oxygen atoms in total. The number of hydrogen-bond donors (Lipinski definition) is 1. The van der Waals surface area contributed by atoms with Crippen molar-refractivity contribution in [3.8, 4) is 11.5 Å². The van der Waals surface area contributed by atoms with Crippen LogP contribution < -0.4 is 14.9 Å². The molecule has 0 atom stereocenters. The molecule has 1 N–H and O–H groups in total. The number of nitrogens with zero attached hydrogens (tertiary/aromatic N) is 2. The molecule has 2 aromatic carbocycles. The van der Waals surface area contributed by atoms with Crippen LogP contribution in [0.2, 0.25) is 0 Å². The Morgan fingerprint density at radius 3 is 2.62 bits per heavy atom. The molecule has 0 radical (unpaired) electrons. The minimum Gasteiger partial charge on any atom is -0.490 e. The number of hydrogen-bond acceptors (Lipinski definition) is 5. The number of hydrazone groups is 1. The third-order valence-electron chi connectivity index (χ3n) is 3.88. The molecule has 0 aliphatic heterocycles. The van der Waals surface area contributed by atoms with E-state index in [1.807, 2.05) is 49.4 Å². The summed E-state index contributed by atoms with van der Waals surface area (Å²) >= 11 is 2.21. The van der Waals surface area contributed by atoms with Gasteiger partial charge in [0.25, 0.3) is 5.91 Å². The number of nitrogens with one attached hydrogen (secondary N) is 1. The monoisotopic (exact) mass is 501 g/mol. The lowest BCUT2D eigenvalue weighted by Crippen LogP contribution is -2.17. The Bertz CT molecular complexity index is 979. The van der Waals surface area contributed by atoms with Crippen LogP contribution in [0.15, 0.2) is 72.1 Å². The molecule has 0 bridgehead atoms. The molecule has 29 heavy (non-hydrogen) atoms. The smallest absolute Gasteiger partial charge is 0.271 e. The Kier molecular flexibility index (Phi) is 7.57. The first-order chi connectivity index (χ1) is 14.2. The first-order valence-electron chi connectivity index (χ1n) is 9.04. The van der Waals surface area contributed by atoms with Gasteiger partial charge in [-0.1, -0.05) is 30.3 Å². The van der Waals surface area contributed by atoms with Gasteiger partial charge in [0, 0.05) is 18.0 Å². The average Bonchev–Trinajstić information content (AvgIpc) is 2.74. The van der Waals surface area contributed by atoms with Gasteiger partial charge in [0.05, 0.1) is 16.4 Å². The van der Waals surface area contributed by atoms with E-state index in [1.165, 1.54) is 0 Å². The Labute approximate surface area is 183 Å².